The van der Waals surface area contributed by atoms with Gasteiger partial charge in [0, 0.05) is 31.2 Å². The fourth-order valence-electron chi connectivity index (χ4n) is 3.45. The second-order valence-electron chi connectivity index (χ2n) is 6.90. The average Bonchev–Trinajstić information content (AvgIpc) is 2.64. The van der Waals surface area contributed by atoms with Crippen molar-refractivity contribution in [3.05, 3.63) is 40.6 Å². The maximum atomic E-state index is 13.5. The first kappa shape index (κ1) is 18.8. The Hall–Kier alpha value is -2.96. The number of benzene rings is 1. The summed E-state index contributed by atoms with van der Waals surface area (Å²) in [5, 5.41) is 6.04. The first-order valence-corrected chi connectivity index (χ1v) is 9.00. The Balaban J connectivity index is 2.10. The van der Waals surface area contributed by atoms with E-state index in [1.165, 1.54) is 11.9 Å². The first-order valence-electron chi connectivity index (χ1n) is 9.00. The Morgan fingerprint density at radius 2 is 2.04 bits per heavy atom. The number of carbonyl (C=O) groups excluding carboxylic acids is 3. The summed E-state index contributed by atoms with van der Waals surface area (Å²) in [4.78, 5) is 43.8. The van der Waals surface area contributed by atoms with Gasteiger partial charge in [-0.2, -0.15) is 0 Å². The summed E-state index contributed by atoms with van der Waals surface area (Å²) in [5.41, 5.74) is 3.90. The van der Waals surface area contributed by atoms with Crippen LogP contribution in [0, 0.1) is 20.8 Å². The molecule has 1 aromatic carbocycles. The van der Waals surface area contributed by atoms with E-state index in [4.69, 9.17) is 0 Å². The van der Waals surface area contributed by atoms with Crippen LogP contribution in [0.4, 0.5) is 0 Å². The fourth-order valence-corrected chi connectivity index (χ4v) is 3.45. The summed E-state index contributed by atoms with van der Waals surface area (Å²) in [7, 11) is 1.52. The number of hydrogen-bond acceptors (Lipinski definition) is 4. The third-order valence-electron chi connectivity index (χ3n) is 5.09. The summed E-state index contributed by atoms with van der Waals surface area (Å²) in [6.07, 6.45) is -0.0614. The van der Waals surface area contributed by atoms with Crippen LogP contribution in [0.3, 0.4) is 0 Å². The number of piperazine rings is 1. The molecular formula is C20H24N4O3. The number of aromatic nitrogens is 1. The largest absolute Gasteiger partial charge is 0.359 e. The van der Waals surface area contributed by atoms with E-state index in [-0.39, 0.29) is 24.1 Å². The number of rotatable bonds is 3. The number of amides is 3. The van der Waals surface area contributed by atoms with Crippen molar-refractivity contribution in [1.82, 2.24) is 20.5 Å². The quantitative estimate of drug-likeness (QED) is 0.853. The fraction of sp³-hybridized carbons (Fsp3) is 0.400. The summed E-state index contributed by atoms with van der Waals surface area (Å²) in [5.74, 6) is -0.822. The van der Waals surface area contributed by atoms with Crippen LogP contribution >= 0.6 is 0 Å². The Bertz CT molecular complexity index is 938. The van der Waals surface area contributed by atoms with E-state index in [1.807, 2.05) is 39.0 Å². The zero-order valence-corrected chi connectivity index (χ0v) is 16.0. The Morgan fingerprint density at radius 1 is 1.30 bits per heavy atom. The zero-order valence-electron chi connectivity index (χ0n) is 16.0. The average molecular weight is 368 g/mol. The normalized spacial score (nSPS) is 17.0. The van der Waals surface area contributed by atoms with Crippen molar-refractivity contribution in [3.8, 4) is 0 Å². The van der Waals surface area contributed by atoms with Crippen LogP contribution in [0.15, 0.2) is 18.2 Å². The topological polar surface area (TPSA) is 91.4 Å². The highest BCUT2D eigenvalue weighted by molar-refractivity contribution is 6.09. The van der Waals surface area contributed by atoms with E-state index < -0.39 is 6.04 Å². The van der Waals surface area contributed by atoms with E-state index in [2.05, 4.69) is 15.6 Å². The number of nitrogens with one attached hydrogen (secondary N) is 2. The third kappa shape index (κ3) is 3.49. The van der Waals surface area contributed by atoms with Gasteiger partial charge in [0.1, 0.15) is 6.04 Å². The summed E-state index contributed by atoms with van der Waals surface area (Å²) < 4.78 is 0. The number of carbonyl (C=O) groups is 3. The number of aryl methyl sites for hydroxylation is 2. The molecule has 0 aliphatic carbocycles. The van der Waals surface area contributed by atoms with Crippen LogP contribution in [0.2, 0.25) is 0 Å². The number of hydrogen-bond donors (Lipinski definition) is 2. The molecule has 2 aromatic rings. The standard InChI is InChI=1S/C20H24N4O3/c1-11-5-6-15-14(9-11)18(12(2)13(3)23-15)20(27)24-8-7-22-19(26)16(24)10-17(25)21-4/h5-6,9,16H,7-8,10H2,1-4H3,(H,21,25)(H,22,26)/t16-/m1/s1. The molecule has 7 heteroatoms. The Labute approximate surface area is 158 Å². The van der Waals surface area contributed by atoms with Crippen LogP contribution in [-0.2, 0) is 9.59 Å². The molecule has 2 heterocycles. The molecule has 1 atom stereocenters. The molecule has 0 spiro atoms. The lowest BCUT2D eigenvalue weighted by atomic mass is 9.97. The molecule has 1 fully saturated rings. The highest BCUT2D eigenvalue weighted by atomic mass is 16.2. The van der Waals surface area contributed by atoms with E-state index in [0.717, 1.165) is 27.7 Å². The Morgan fingerprint density at radius 3 is 2.74 bits per heavy atom. The third-order valence-corrected chi connectivity index (χ3v) is 5.09. The van der Waals surface area contributed by atoms with E-state index >= 15 is 0 Å². The van der Waals surface area contributed by atoms with Gasteiger partial charge >= 0.3 is 0 Å². The van der Waals surface area contributed by atoms with Crippen molar-refractivity contribution < 1.29 is 14.4 Å². The van der Waals surface area contributed by atoms with Crippen molar-refractivity contribution >= 4 is 28.6 Å². The minimum Gasteiger partial charge on any atom is -0.359 e. The van der Waals surface area contributed by atoms with Gasteiger partial charge in [-0.1, -0.05) is 11.6 Å². The van der Waals surface area contributed by atoms with Gasteiger partial charge in [-0.3, -0.25) is 19.4 Å². The molecule has 1 saturated heterocycles. The molecule has 7 nitrogen and oxygen atoms in total. The predicted molar refractivity (Wildman–Crippen MR) is 102 cm³/mol. The molecule has 0 bridgehead atoms. The van der Waals surface area contributed by atoms with Crippen LogP contribution < -0.4 is 10.6 Å². The zero-order chi connectivity index (χ0) is 19.7. The molecule has 27 heavy (non-hydrogen) atoms. The van der Waals surface area contributed by atoms with Gasteiger partial charge < -0.3 is 15.5 Å². The van der Waals surface area contributed by atoms with Crippen molar-refractivity contribution in [3.63, 3.8) is 0 Å². The summed E-state index contributed by atoms with van der Waals surface area (Å²) in [6, 6.07) is 4.98. The highest BCUT2D eigenvalue weighted by Gasteiger charge is 2.36. The molecule has 0 saturated carbocycles. The summed E-state index contributed by atoms with van der Waals surface area (Å²) in [6.45, 7) is 6.44. The van der Waals surface area contributed by atoms with Gasteiger partial charge in [0.15, 0.2) is 0 Å². The molecular weight excluding hydrogens is 344 g/mol. The second kappa shape index (κ2) is 7.34. The van der Waals surface area contributed by atoms with Gasteiger partial charge in [-0.25, -0.2) is 0 Å². The highest BCUT2D eigenvalue weighted by Crippen LogP contribution is 2.27. The van der Waals surface area contributed by atoms with Gasteiger partial charge in [-0.15, -0.1) is 0 Å². The van der Waals surface area contributed by atoms with Gasteiger partial charge in [0.05, 0.1) is 17.5 Å². The lowest BCUT2D eigenvalue weighted by molar-refractivity contribution is -0.132. The van der Waals surface area contributed by atoms with Crippen LogP contribution in [-0.4, -0.2) is 53.8 Å². The van der Waals surface area contributed by atoms with E-state index in [9.17, 15) is 14.4 Å². The molecule has 1 aliphatic rings. The maximum absolute atomic E-state index is 13.5. The van der Waals surface area contributed by atoms with Crippen molar-refractivity contribution in [1.29, 1.82) is 0 Å². The number of nitrogens with zero attached hydrogens (tertiary/aromatic N) is 2. The number of pyridine rings is 1. The van der Waals surface area contributed by atoms with Crippen LogP contribution in [0.1, 0.15) is 33.6 Å². The Kier molecular flexibility index (Phi) is 5.12. The second-order valence-corrected chi connectivity index (χ2v) is 6.90. The van der Waals surface area contributed by atoms with E-state index in [1.54, 1.807) is 0 Å². The molecule has 1 aromatic heterocycles. The van der Waals surface area contributed by atoms with Gasteiger partial charge in [0.25, 0.3) is 5.91 Å². The molecule has 142 valence electrons. The van der Waals surface area contributed by atoms with Crippen molar-refractivity contribution in [2.24, 2.45) is 0 Å². The number of fused-ring (bicyclic) bond motifs is 1. The molecule has 3 amide bonds. The minimum absolute atomic E-state index is 0.0614. The first-order chi connectivity index (χ1) is 12.8. The molecule has 3 rings (SSSR count). The molecule has 1 aliphatic heterocycles. The van der Waals surface area contributed by atoms with E-state index in [0.29, 0.717) is 18.7 Å². The lowest BCUT2D eigenvalue weighted by Crippen LogP contribution is -2.58. The van der Waals surface area contributed by atoms with Crippen molar-refractivity contribution in [2.75, 3.05) is 20.1 Å². The van der Waals surface area contributed by atoms with Gasteiger partial charge in [-0.05, 0) is 38.5 Å². The molecule has 0 radical (unpaired) electrons. The van der Waals surface area contributed by atoms with Crippen LogP contribution in [0.5, 0.6) is 0 Å². The SMILES string of the molecule is CNC(=O)C[C@@H]1C(=O)NCCN1C(=O)c1c(C)c(C)nc2ccc(C)cc12. The van der Waals surface area contributed by atoms with Crippen molar-refractivity contribution in [2.45, 2.75) is 33.2 Å². The summed E-state index contributed by atoms with van der Waals surface area (Å²) >= 11 is 0. The monoisotopic (exact) mass is 368 g/mol. The predicted octanol–water partition coefficient (Wildman–Crippen LogP) is 1.24. The maximum Gasteiger partial charge on any atom is 0.255 e. The molecule has 2 N–H and O–H groups in total. The molecule has 0 unspecified atom stereocenters. The van der Waals surface area contributed by atoms with Gasteiger partial charge in [0.2, 0.25) is 11.8 Å². The van der Waals surface area contributed by atoms with Crippen LogP contribution in [0.25, 0.3) is 10.9 Å². The minimum atomic E-state index is -0.820. The smallest absolute Gasteiger partial charge is 0.255 e. The lowest BCUT2D eigenvalue weighted by Gasteiger charge is -2.35.